The SMILES string of the molecule is O=C(Cc1ccc(Br)cc1)CC1CCC(F)(F)C1. The Morgan fingerprint density at radius 1 is 1.33 bits per heavy atom. The smallest absolute Gasteiger partial charge is 0.248 e. The fourth-order valence-electron chi connectivity index (χ4n) is 2.44. The Morgan fingerprint density at radius 2 is 2.00 bits per heavy atom. The van der Waals surface area contributed by atoms with Crippen LogP contribution in [-0.4, -0.2) is 11.7 Å². The number of halogens is 3. The van der Waals surface area contributed by atoms with E-state index in [0.29, 0.717) is 12.8 Å². The van der Waals surface area contributed by atoms with Crippen LogP contribution in [0.1, 0.15) is 31.2 Å². The molecule has 1 aromatic carbocycles. The first-order valence-electron chi connectivity index (χ1n) is 6.08. The number of hydrogen-bond donors (Lipinski definition) is 0. The van der Waals surface area contributed by atoms with Crippen LogP contribution in [0.5, 0.6) is 0 Å². The van der Waals surface area contributed by atoms with Gasteiger partial charge in [0.25, 0.3) is 0 Å². The molecule has 1 saturated carbocycles. The van der Waals surface area contributed by atoms with Crippen molar-refractivity contribution in [2.45, 2.75) is 38.0 Å². The molecule has 4 heteroatoms. The number of carbonyl (C=O) groups excluding carboxylic acids is 1. The van der Waals surface area contributed by atoms with Gasteiger partial charge in [-0.2, -0.15) is 0 Å². The van der Waals surface area contributed by atoms with Crippen LogP contribution >= 0.6 is 15.9 Å². The molecule has 1 unspecified atom stereocenters. The maximum atomic E-state index is 13.0. The molecule has 0 aromatic heterocycles. The van der Waals surface area contributed by atoms with E-state index in [9.17, 15) is 13.6 Å². The molecule has 1 fully saturated rings. The lowest BCUT2D eigenvalue weighted by Crippen LogP contribution is -2.12. The highest BCUT2D eigenvalue weighted by Crippen LogP contribution is 2.40. The van der Waals surface area contributed by atoms with E-state index in [0.717, 1.165) is 10.0 Å². The summed E-state index contributed by atoms with van der Waals surface area (Å²) in [6.45, 7) is 0. The molecule has 98 valence electrons. The molecule has 0 bridgehead atoms. The highest BCUT2D eigenvalue weighted by molar-refractivity contribution is 9.10. The van der Waals surface area contributed by atoms with Crippen molar-refractivity contribution < 1.29 is 13.6 Å². The van der Waals surface area contributed by atoms with Gasteiger partial charge in [-0.1, -0.05) is 28.1 Å². The summed E-state index contributed by atoms with van der Waals surface area (Å²) in [5.41, 5.74) is 0.938. The normalized spacial score (nSPS) is 22.1. The van der Waals surface area contributed by atoms with Crippen LogP contribution in [0.2, 0.25) is 0 Å². The molecule has 0 spiro atoms. The molecule has 1 aromatic rings. The number of carbonyl (C=O) groups is 1. The van der Waals surface area contributed by atoms with Gasteiger partial charge in [0.2, 0.25) is 5.92 Å². The van der Waals surface area contributed by atoms with Gasteiger partial charge in [0.1, 0.15) is 5.78 Å². The van der Waals surface area contributed by atoms with Gasteiger partial charge in [-0.05, 0) is 30.0 Å². The molecular weight excluding hydrogens is 302 g/mol. The summed E-state index contributed by atoms with van der Waals surface area (Å²) < 4.78 is 27.0. The molecule has 18 heavy (non-hydrogen) atoms. The first-order chi connectivity index (χ1) is 8.44. The van der Waals surface area contributed by atoms with Gasteiger partial charge < -0.3 is 0 Å². The minimum absolute atomic E-state index is 0.0556. The van der Waals surface area contributed by atoms with E-state index in [-0.39, 0.29) is 31.0 Å². The van der Waals surface area contributed by atoms with Gasteiger partial charge in [-0.3, -0.25) is 4.79 Å². The first-order valence-corrected chi connectivity index (χ1v) is 6.88. The van der Waals surface area contributed by atoms with Crippen LogP contribution in [0.15, 0.2) is 28.7 Å². The summed E-state index contributed by atoms with van der Waals surface area (Å²) >= 11 is 3.33. The second kappa shape index (κ2) is 5.47. The maximum Gasteiger partial charge on any atom is 0.248 e. The number of ketones is 1. The van der Waals surface area contributed by atoms with Crippen LogP contribution < -0.4 is 0 Å². The molecule has 1 aliphatic rings. The Balaban J connectivity index is 1.84. The molecule has 1 aliphatic carbocycles. The van der Waals surface area contributed by atoms with Gasteiger partial charge in [-0.15, -0.1) is 0 Å². The number of alkyl halides is 2. The van der Waals surface area contributed by atoms with E-state index in [2.05, 4.69) is 15.9 Å². The summed E-state index contributed by atoms with van der Waals surface area (Å²) in [5, 5.41) is 0. The third kappa shape index (κ3) is 3.87. The van der Waals surface area contributed by atoms with Crippen LogP contribution in [-0.2, 0) is 11.2 Å². The average Bonchev–Trinajstić information content (AvgIpc) is 2.61. The number of benzene rings is 1. The molecule has 0 heterocycles. The van der Waals surface area contributed by atoms with E-state index in [1.54, 1.807) is 0 Å². The number of hydrogen-bond acceptors (Lipinski definition) is 1. The number of rotatable bonds is 4. The van der Waals surface area contributed by atoms with Crippen molar-refractivity contribution in [2.24, 2.45) is 5.92 Å². The van der Waals surface area contributed by atoms with Gasteiger partial charge in [0.05, 0.1) is 0 Å². The lowest BCUT2D eigenvalue weighted by Gasteiger charge is -2.09. The zero-order valence-electron chi connectivity index (χ0n) is 9.96. The van der Waals surface area contributed by atoms with E-state index in [1.165, 1.54) is 0 Å². The van der Waals surface area contributed by atoms with Crippen molar-refractivity contribution in [2.75, 3.05) is 0 Å². The molecule has 0 aliphatic heterocycles. The van der Waals surface area contributed by atoms with Crippen LogP contribution in [0.4, 0.5) is 8.78 Å². The lowest BCUT2D eigenvalue weighted by molar-refractivity contribution is -0.119. The van der Waals surface area contributed by atoms with Crippen molar-refractivity contribution in [1.82, 2.24) is 0 Å². The first kappa shape index (κ1) is 13.7. The second-order valence-corrected chi connectivity index (χ2v) is 5.93. The summed E-state index contributed by atoms with van der Waals surface area (Å²) in [7, 11) is 0. The molecule has 0 saturated heterocycles. The van der Waals surface area contributed by atoms with Crippen molar-refractivity contribution in [3.63, 3.8) is 0 Å². The van der Waals surface area contributed by atoms with Crippen LogP contribution in [0, 0.1) is 5.92 Å². The summed E-state index contributed by atoms with van der Waals surface area (Å²) in [4.78, 5) is 11.8. The maximum absolute atomic E-state index is 13.0. The van der Waals surface area contributed by atoms with E-state index in [1.807, 2.05) is 24.3 Å². The Kier molecular flexibility index (Phi) is 4.15. The van der Waals surface area contributed by atoms with Crippen molar-refractivity contribution >= 4 is 21.7 Å². The van der Waals surface area contributed by atoms with Crippen molar-refractivity contribution in [3.8, 4) is 0 Å². The largest absolute Gasteiger partial charge is 0.299 e. The van der Waals surface area contributed by atoms with E-state index in [4.69, 9.17) is 0 Å². The highest BCUT2D eigenvalue weighted by atomic mass is 79.9. The van der Waals surface area contributed by atoms with Gasteiger partial charge in [-0.25, -0.2) is 8.78 Å². The molecule has 2 rings (SSSR count). The lowest BCUT2D eigenvalue weighted by atomic mass is 9.97. The quantitative estimate of drug-likeness (QED) is 0.805. The fraction of sp³-hybridized carbons (Fsp3) is 0.500. The van der Waals surface area contributed by atoms with Crippen molar-refractivity contribution in [3.05, 3.63) is 34.3 Å². The third-order valence-corrected chi connectivity index (χ3v) is 3.87. The predicted octanol–water partition coefficient (Wildman–Crippen LogP) is 4.39. The summed E-state index contributed by atoms with van der Waals surface area (Å²) in [5.74, 6) is -2.63. The van der Waals surface area contributed by atoms with Gasteiger partial charge in [0.15, 0.2) is 0 Å². The minimum Gasteiger partial charge on any atom is -0.299 e. The zero-order valence-corrected chi connectivity index (χ0v) is 11.6. The molecule has 1 atom stereocenters. The topological polar surface area (TPSA) is 17.1 Å². The zero-order chi connectivity index (χ0) is 13.2. The summed E-state index contributed by atoms with van der Waals surface area (Å²) in [6.07, 6.45) is 0.905. The van der Waals surface area contributed by atoms with Crippen molar-refractivity contribution in [1.29, 1.82) is 0 Å². The fourth-order valence-corrected chi connectivity index (χ4v) is 2.70. The van der Waals surface area contributed by atoms with E-state index < -0.39 is 5.92 Å². The average molecular weight is 317 g/mol. The third-order valence-electron chi connectivity index (χ3n) is 3.34. The monoisotopic (exact) mass is 316 g/mol. The Bertz CT molecular complexity index is 428. The summed E-state index contributed by atoms with van der Waals surface area (Å²) in [6, 6.07) is 7.52. The molecule has 0 radical (unpaired) electrons. The second-order valence-electron chi connectivity index (χ2n) is 5.01. The minimum atomic E-state index is -2.55. The standard InChI is InChI=1S/C14H15BrF2O/c15-12-3-1-10(2-4-12)7-13(18)8-11-5-6-14(16,17)9-11/h1-4,11H,5-9H2. The Morgan fingerprint density at radius 3 is 2.56 bits per heavy atom. The van der Waals surface area contributed by atoms with Gasteiger partial charge in [0, 0.05) is 30.2 Å². The Labute approximate surface area is 114 Å². The van der Waals surface area contributed by atoms with Gasteiger partial charge >= 0.3 is 0 Å². The predicted molar refractivity (Wildman–Crippen MR) is 69.8 cm³/mol. The van der Waals surface area contributed by atoms with Crippen LogP contribution in [0.3, 0.4) is 0 Å². The van der Waals surface area contributed by atoms with Crippen LogP contribution in [0.25, 0.3) is 0 Å². The molecule has 0 N–H and O–H groups in total. The molecule has 0 amide bonds. The molecule has 1 nitrogen and oxygen atoms in total. The molecular formula is C14H15BrF2O. The number of Topliss-reactive ketones (excluding diaryl/α,β-unsaturated/α-hetero) is 1. The Hall–Kier alpha value is -0.770. The highest BCUT2D eigenvalue weighted by Gasteiger charge is 2.39. The van der Waals surface area contributed by atoms with E-state index >= 15 is 0 Å².